The minimum Gasteiger partial charge on any atom is -0.394 e. The highest BCUT2D eigenvalue weighted by Gasteiger charge is 2.19. The number of hydrogen-bond donors (Lipinski definition) is 1. The minimum absolute atomic E-state index is 0.0476. The summed E-state index contributed by atoms with van der Waals surface area (Å²) in [4.78, 5) is 0. The topological polar surface area (TPSA) is 38.7 Å². The van der Waals surface area contributed by atoms with Gasteiger partial charge < -0.3 is 14.6 Å². The Bertz CT molecular complexity index is 74.9. The summed E-state index contributed by atoms with van der Waals surface area (Å²) in [5.74, 6) is 0. The van der Waals surface area contributed by atoms with Gasteiger partial charge in [-0.05, 0) is 12.8 Å². The van der Waals surface area contributed by atoms with Gasteiger partial charge in [-0.25, -0.2) is 0 Å². The SMILES string of the molecule is CO[C@H]1CC[C@H](CO)OC1. The molecule has 60 valence electrons. The van der Waals surface area contributed by atoms with Crippen LogP contribution in [0.2, 0.25) is 0 Å². The van der Waals surface area contributed by atoms with Gasteiger partial charge in [0.15, 0.2) is 0 Å². The summed E-state index contributed by atoms with van der Waals surface area (Å²) in [6.45, 7) is 0.762. The van der Waals surface area contributed by atoms with Gasteiger partial charge in [-0.1, -0.05) is 0 Å². The first kappa shape index (κ1) is 7.98. The molecule has 2 atom stereocenters. The Kier molecular flexibility index (Phi) is 3.12. The van der Waals surface area contributed by atoms with E-state index in [1.165, 1.54) is 0 Å². The molecule has 0 unspecified atom stereocenters. The number of rotatable bonds is 2. The molecule has 0 saturated carbocycles. The quantitative estimate of drug-likeness (QED) is 0.603. The minimum atomic E-state index is 0.0476. The van der Waals surface area contributed by atoms with Gasteiger partial charge in [0, 0.05) is 7.11 Å². The lowest BCUT2D eigenvalue weighted by Crippen LogP contribution is -2.32. The van der Waals surface area contributed by atoms with Crippen molar-refractivity contribution in [2.75, 3.05) is 20.3 Å². The van der Waals surface area contributed by atoms with E-state index < -0.39 is 0 Å². The second-order valence-corrected chi connectivity index (χ2v) is 2.57. The molecule has 3 heteroatoms. The van der Waals surface area contributed by atoms with Crippen LogP contribution in [-0.4, -0.2) is 37.6 Å². The summed E-state index contributed by atoms with van der Waals surface area (Å²) in [7, 11) is 1.69. The third kappa shape index (κ3) is 1.94. The Labute approximate surface area is 60.9 Å². The van der Waals surface area contributed by atoms with Gasteiger partial charge in [-0.2, -0.15) is 0 Å². The number of hydrogen-bond acceptors (Lipinski definition) is 3. The molecule has 0 aromatic carbocycles. The van der Waals surface area contributed by atoms with Crippen LogP contribution in [0.5, 0.6) is 0 Å². The summed E-state index contributed by atoms with van der Waals surface area (Å²) < 4.78 is 10.3. The second-order valence-electron chi connectivity index (χ2n) is 2.57. The molecule has 1 aliphatic heterocycles. The zero-order valence-corrected chi connectivity index (χ0v) is 6.25. The van der Waals surface area contributed by atoms with Crippen LogP contribution in [0.25, 0.3) is 0 Å². The molecule has 0 aliphatic carbocycles. The van der Waals surface area contributed by atoms with Crippen LogP contribution in [0.15, 0.2) is 0 Å². The maximum absolute atomic E-state index is 8.68. The molecule has 1 N–H and O–H groups in total. The maximum Gasteiger partial charge on any atom is 0.0808 e. The predicted molar refractivity (Wildman–Crippen MR) is 36.9 cm³/mol. The van der Waals surface area contributed by atoms with E-state index in [1.807, 2.05) is 0 Å². The highest BCUT2D eigenvalue weighted by Crippen LogP contribution is 2.14. The Morgan fingerprint density at radius 2 is 2.40 bits per heavy atom. The van der Waals surface area contributed by atoms with Crippen LogP contribution in [0.4, 0.5) is 0 Å². The zero-order chi connectivity index (χ0) is 7.40. The van der Waals surface area contributed by atoms with Crippen LogP contribution in [0.1, 0.15) is 12.8 Å². The van der Waals surface area contributed by atoms with Crippen molar-refractivity contribution in [3.8, 4) is 0 Å². The number of ether oxygens (including phenoxy) is 2. The fourth-order valence-corrected chi connectivity index (χ4v) is 1.11. The van der Waals surface area contributed by atoms with Gasteiger partial charge in [-0.3, -0.25) is 0 Å². The fourth-order valence-electron chi connectivity index (χ4n) is 1.11. The largest absolute Gasteiger partial charge is 0.394 e. The maximum atomic E-state index is 8.68. The summed E-state index contributed by atoms with van der Waals surface area (Å²) in [5.41, 5.74) is 0. The summed E-state index contributed by atoms with van der Waals surface area (Å²) in [6.07, 6.45) is 2.20. The highest BCUT2D eigenvalue weighted by atomic mass is 16.5. The van der Waals surface area contributed by atoms with E-state index >= 15 is 0 Å². The number of methoxy groups -OCH3 is 1. The van der Waals surface area contributed by atoms with Crippen LogP contribution in [0, 0.1) is 0 Å². The Balaban J connectivity index is 2.17. The molecule has 0 bridgehead atoms. The van der Waals surface area contributed by atoms with E-state index in [4.69, 9.17) is 14.6 Å². The van der Waals surface area contributed by atoms with E-state index in [1.54, 1.807) is 7.11 Å². The molecular formula is C7H14O3. The van der Waals surface area contributed by atoms with Crippen molar-refractivity contribution in [3.05, 3.63) is 0 Å². The molecule has 0 aromatic heterocycles. The first-order valence-electron chi connectivity index (χ1n) is 3.62. The van der Waals surface area contributed by atoms with E-state index in [0.717, 1.165) is 12.8 Å². The van der Waals surface area contributed by atoms with Crippen molar-refractivity contribution in [1.29, 1.82) is 0 Å². The average molecular weight is 146 g/mol. The molecule has 1 aliphatic rings. The van der Waals surface area contributed by atoms with E-state index in [2.05, 4.69) is 0 Å². The average Bonchev–Trinajstić information content (AvgIpc) is 2.05. The molecule has 0 amide bonds. The molecular weight excluding hydrogens is 132 g/mol. The van der Waals surface area contributed by atoms with E-state index in [-0.39, 0.29) is 18.8 Å². The molecule has 10 heavy (non-hydrogen) atoms. The van der Waals surface area contributed by atoms with Gasteiger partial charge in [0.25, 0.3) is 0 Å². The lowest BCUT2D eigenvalue weighted by molar-refractivity contribution is -0.0860. The molecule has 0 radical (unpaired) electrons. The van der Waals surface area contributed by atoms with Crippen LogP contribution >= 0.6 is 0 Å². The molecule has 1 heterocycles. The molecule has 0 spiro atoms. The van der Waals surface area contributed by atoms with Crippen molar-refractivity contribution in [2.45, 2.75) is 25.0 Å². The fraction of sp³-hybridized carbons (Fsp3) is 1.00. The zero-order valence-electron chi connectivity index (χ0n) is 6.25. The lowest BCUT2D eigenvalue weighted by atomic mass is 10.1. The molecule has 1 fully saturated rings. The van der Waals surface area contributed by atoms with Gasteiger partial charge in [0.05, 0.1) is 25.4 Å². The number of aliphatic hydroxyl groups is 1. The van der Waals surface area contributed by atoms with E-state index in [0.29, 0.717) is 6.61 Å². The highest BCUT2D eigenvalue weighted by molar-refractivity contribution is 4.68. The van der Waals surface area contributed by atoms with Gasteiger partial charge in [0.2, 0.25) is 0 Å². The monoisotopic (exact) mass is 146 g/mol. The van der Waals surface area contributed by atoms with Crippen molar-refractivity contribution in [2.24, 2.45) is 0 Å². The van der Waals surface area contributed by atoms with Crippen molar-refractivity contribution in [3.63, 3.8) is 0 Å². The van der Waals surface area contributed by atoms with Crippen molar-refractivity contribution >= 4 is 0 Å². The summed E-state index contributed by atoms with van der Waals surface area (Å²) in [6, 6.07) is 0. The molecule has 0 aromatic rings. The van der Waals surface area contributed by atoms with Gasteiger partial charge >= 0.3 is 0 Å². The smallest absolute Gasteiger partial charge is 0.0808 e. The first-order chi connectivity index (χ1) is 4.86. The standard InChI is InChI=1S/C7H14O3/c1-9-7-3-2-6(4-8)10-5-7/h6-8H,2-5H2,1H3/t6-,7+/m1/s1. The molecule has 3 nitrogen and oxygen atoms in total. The van der Waals surface area contributed by atoms with Crippen molar-refractivity contribution < 1.29 is 14.6 Å². The first-order valence-corrected chi connectivity index (χ1v) is 3.62. The number of aliphatic hydroxyl groups excluding tert-OH is 1. The molecule has 1 rings (SSSR count). The normalized spacial score (nSPS) is 34.2. The third-order valence-corrected chi connectivity index (χ3v) is 1.87. The van der Waals surface area contributed by atoms with Gasteiger partial charge in [0.1, 0.15) is 0 Å². The van der Waals surface area contributed by atoms with Crippen LogP contribution in [0.3, 0.4) is 0 Å². The summed E-state index contributed by atoms with van der Waals surface area (Å²) >= 11 is 0. The molecule has 1 saturated heterocycles. The van der Waals surface area contributed by atoms with Crippen LogP contribution in [-0.2, 0) is 9.47 Å². The van der Waals surface area contributed by atoms with Crippen molar-refractivity contribution in [1.82, 2.24) is 0 Å². The second kappa shape index (κ2) is 3.91. The Hall–Kier alpha value is -0.120. The lowest BCUT2D eigenvalue weighted by Gasteiger charge is -2.26. The predicted octanol–water partition coefficient (Wildman–Crippen LogP) is 0.173. The van der Waals surface area contributed by atoms with Crippen LogP contribution < -0.4 is 0 Å². The third-order valence-electron chi connectivity index (χ3n) is 1.87. The Morgan fingerprint density at radius 1 is 1.60 bits per heavy atom. The van der Waals surface area contributed by atoms with Gasteiger partial charge in [-0.15, -0.1) is 0 Å². The van der Waals surface area contributed by atoms with E-state index in [9.17, 15) is 0 Å². The Morgan fingerprint density at radius 3 is 2.80 bits per heavy atom. The summed E-state index contributed by atoms with van der Waals surface area (Å²) in [5, 5.41) is 8.68.